The molecule has 0 aliphatic heterocycles. The van der Waals surface area contributed by atoms with E-state index in [4.69, 9.17) is 14.0 Å². The molecular weight excluding hydrogens is 311 g/mol. The van der Waals surface area contributed by atoms with Crippen LogP contribution in [-0.4, -0.2) is 25.6 Å². The molecule has 25 heavy (non-hydrogen) atoms. The van der Waals surface area contributed by atoms with Gasteiger partial charge in [-0.05, 0) is 38.5 Å². The van der Waals surface area contributed by atoms with Gasteiger partial charge in [0, 0.05) is 18.3 Å². The molecule has 3 nitrogen and oxygen atoms in total. The van der Waals surface area contributed by atoms with Crippen molar-refractivity contribution in [2.45, 2.75) is 137 Å². The quantitative estimate of drug-likeness (QED) is 0.249. The maximum Gasteiger partial charge on any atom is 0.640 e. The van der Waals surface area contributed by atoms with E-state index in [1.165, 1.54) is 38.5 Å². The second kappa shape index (κ2) is 17.4. The van der Waals surface area contributed by atoms with Gasteiger partial charge in [0.2, 0.25) is 0 Å². The molecule has 3 unspecified atom stereocenters. The Labute approximate surface area is 158 Å². The monoisotopic (exact) mass is 356 g/mol. The summed E-state index contributed by atoms with van der Waals surface area (Å²) in [5.74, 6) is 0. The van der Waals surface area contributed by atoms with Gasteiger partial charge >= 0.3 is 7.32 Å². The highest BCUT2D eigenvalue weighted by atomic mass is 16.7. The van der Waals surface area contributed by atoms with Gasteiger partial charge < -0.3 is 14.0 Å². The number of rotatable bonds is 18. The Morgan fingerprint density at radius 3 is 1.00 bits per heavy atom. The van der Waals surface area contributed by atoms with Gasteiger partial charge in [-0.3, -0.25) is 0 Å². The zero-order valence-electron chi connectivity index (χ0n) is 18.0. The van der Waals surface area contributed by atoms with Crippen molar-refractivity contribution in [1.29, 1.82) is 0 Å². The fourth-order valence-electron chi connectivity index (χ4n) is 2.97. The van der Waals surface area contributed by atoms with Crippen molar-refractivity contribution in [2.24, 2.45) is 0 Å². The summed E-state index contributed by atoms with van der Waals surface area (Å²) in [7, 11) is -0.509. The van der Waals surface area contributed by atoms with Crippen molar-refractivity contribution in [1.82, 2.24) is 0 Å². The first-order valence-electron chi connectivity index (χ1n) is 11.1. The van der Waals surface area contributed by atoms with Gasteiger partial charge in [0.15, 0.2) is 0 Å². The van der Waals surface area contributed by atoms with Gasteiger partial charge in [-0.15, -0.1) is 0 Å². The lowest BCUT2D eigenvalue weighted by Crippen LogP contribution is -2.38. The normalized spacial score (nSPS) is 15.1. The minimum atomic E-state index is -0.509. The smallest absolute Gasteiger partial charge is 0.383 e. The van der Waals surface area contributed by atoms with E-state index in [0.29, 0.717) is 0 Å². The molecule has 0 saturated heterocycles. The van der Waals surface area contributed by atoms with Gasteiger partial charge in [0.1, 0.15) is 0 Å². The molecule has 4 heteroatoms. The summed E-state index contributed by atoms with van der Waals surface area (Å²) >= 11 is 0. The first-order valence-corrected chi connectivity index (χ1v) is 11.1. The summed E-state index contributed by atoms with van der Waals surface area (Å²) in [4.78, 5) is 0. The van der Waals surface area contributed by atoms with Gasteiger partial charge in [-0.25, -0.2) is 0 Å². The van der Waals surface area contributed by atoms with E-state index in [9.17, 15) is 0 Å². The predicted octanol–water partition coefficient (Wildman–Crippen LogP) is 6.93. The first-order chi connectivity index (χ1) is 12.1. The average Bonchev–Trinajstić information content (AvgIpc) is 2.64. The maximum atomic E-state index is 6.28. The maximum absolute atomic E-state index is 6.28. The van der Waals surface area contributed by atoms with Crippen molar-refractivity contribution < 1.29 is 14.0 Å². The summed E-state index contributed by atoms with van der Waals surface area (Å²) in [6, 6.07) is 0. The third-order valence-electron chi connectivity index (χ3n) is 4.92. The molecule has 0 aromatic rings. The molecule has 0 heterocycles. The Kier molecular flexibility index (Phi) is 17.3. The number of hydrogen-bond acceptors (Lipinski definition) is 3. The molecule has 0 N–H and O–H groups in total. The highest BCUT2D eigenvalue weighted by molar-refractivity contribution is 6.36. The third kappa shape index (κ3) is 12.9. The molecule has 0 rings (SSSR count). The Morgan fingerprint density at radius 2 is 0.800 bits per heavy atom. The van der Waals surface area contributed by atoms with Crippen LogP contribution in [0.3, 0.4) is 0 Å². The molecule has 0 amide bonds. The molecule has 0 aromatic carbocycles. The zero-order chi connectivity index (χ0) is 18.9. The second-order valence-electron chi connectivity index (χ2n) is 7.21. The minimum absolute atomic E-state index is 0.234. The van der Waals surface area contributed by atoms with E-state index >= 15 is 0 Å². The molecule has 0 fully saturated rings. The van der Waals surface area contributed by atoms with Crippen molar-refractivity contribution >= 4 is 7.32 Å². The largest absolute Gasteiger partial charge is 0.640 e. The van der Waals surface area contributed by atoms with Gasteiger partial charge in [0.05, 0.1) is 0 Å². The van der Waals surface area contributed by atoms with Crippen LogP contribution in [-0.2, 0) is 14.0 Å². The van der Waals surface area contributed by atoms with Crippen LogP contribution in [0.4, 0.5) is 0 Å². The average molecular weight is 356 g/mol. The highest BCUT2D eigenvalue weighted by Crippen LogP contribution is 2.18. The lowest BCUT2D eigenvalue weighted by molar-refractivity contribution is -0.00171. The molecular formula is C21H45BO3. The summed E-state index contributed by atoms with van der Waals surface area (Å²) in [5.41, 5.74) is 0. The summed E-state index contributed by atoms with van der Waals surface area (Å²) < 4.78 is 18.8. The lowest BCUT2D eigenvalue weighted by atomic mass is 10.0. The van der Waals surface area contributed by atoms with Crippen molar-refractivity contribution in [3.63, 3.8) is 0 Å². The standard InChI is InChI=1S/C21H45BO3/c1-7-13-16-19(10-4)23-22(24-20(11-5)17-14-8-2)25-21(12-6)18-15-9-3/h19-21H,7-18H2,1-6H3. The first kappa shape index (κ1) is 24.9. The Balaban J connectivity index is 4.80. The third-order valence-corrected chi connectivity index (χ3v) is 4.92. The van der Waals surface area contributed by atoms with Gasteiger partial charge in [0.25, 0.3) is 0 Å². The van der Waals surface area contributed by atoms with Crippen LogP contribution >= 0.6 is 0 Å². The fraction of sp³-hybridized carbons (Fsp3) is 1.00. The van der Waals surface area contributed by atoms with E-state index in [2.05, 4.69) is 41.5 Å². The van der Waals surface area contributed by atoms with Crippen LogP contribution < -0.4 is 0 Å². The summed E-state index contributed by atoms with van der Waals surface area (Å²) in [6.45, 7) is 13.3. The van der Waals surface area contributed by atoms with Crippen molar-refractivity contribution in [3.05, 3.63) is 0 Å². The van der Waals surface area contributed by atoms with E-state index in [0.717, 1.165) is 38.5 Å². The van der Waals surface area contributed by atoms with Crippen molar-refractivity contribution in [3.8, 4) is 0 Å². The van der Waals surface area contributed by atoms with Crippen LogP contribution in [0, 0.1) is 0 Å². The molecule has 0 bridgehead atoms. The number of hydrogen-bond donors (Lipinski definition) is 0. The van der Waals surface area contributed by atoms with Gasteiger partial charge in [-0.2, -0.15) is 0 Å². The lowest BCUT2D eigenvalue weighted by Gasteiger charge is -2.28. The molecule has 0 radical (unpaired) electrons. The predicted molar refractivity (Wildman–Crippen MR) is 110 cm³/mol. The van der Waals surface area contributed by atoms with E-state index < -0.39 is 7.32 Å². The van der Waals surface area contributed by atoms with E-state index in [-0.39, 0.29) is 18.3 Å². The molecule has 0 aromatic heterocycles. The topological polar surface area (TPSA) is 27.7 Å². The molecule has 0 aliphatic carbocycles. The Bertz CT molecular complexity index is 233. The van der Waals surface area contributed by atoms with E-state index in [1.54, 1.807) is 0 Å². The van der Waals surface area contributed by atoms with Crippen LogP contribution in [0.2, 0.25) is 0 Å². The Hall–Kier alpha value is -0.0551. The van der Waals surface area contributed by atoms with E-state index in [1.807, 2.05) is 0 Å². The molecule has 3 atom stereocenters. The summed E-state index contributed by atoms with van der Waals surface area (Å²) in [6.07, 6.45) is 14.2. The molecule has 0 aliphatic rings. The van der Waals surface area contributed by atoms with Gasteiger partial charge in [-0.1, -0.05) is 80.1 Å². The zero-order valence-corrected chi connectivity index (χ0v) is 18.0. The van der Waals surface area contributed by atoms with Crippen LogP contribution in [0.5, 0.6) is 0 Å². The van der Waals surface area contributed by atoms with Crippen LogP contribution in [0.25, 0.3) is 0 Å². The molecule has 0 spiro atoms. The fourth-order valence-corrected chi connectivity index (χ4v) is 2.97. The minimum Gasteiger partial charge on any atom is -0.383 e. The Morgan fingerprint density at radius 1 is 0.520 bits per heavy atom. The molecule has 150 valence electrons. The van der Waals surface area contributed by atoms with Crippen LogP contribution in [0.15, 0.2) is 0 Å². The summed E-state index contributed by atoms with van der Waals surface area (Å²) in [5, 5.41) is 0. The highest BCUT2D eigenvalue weighted by Gasteiger charge is 2.31. The van der Waals surface area contributed by atoms with Crippen LogP contribution in [0.1, 0.15) is 119 Å². The molecule has 0 saturated carbocycles. The second-order valence-corrected chi connectivity index (χ2v) is 7.21. The van der Waals surface area contributed by atoms with Crippen molar-refractivity contribution in [2.75, 3.05) is 0 Å². The SMILES string of the molecule is CCCCC(CC)OB(OC(CC)CCCC)OC(CC)CCCC. The number of unbranched alkanes of at least 4 members (excludes halogenated alkanes) is 3.